The van der Waals surface area contributed by atoms with E-state index < -0.39 is 10.0 Å². The van der Waals surface area contributed by atoms with Crippen molar-refractivity contribution in [2.45, 2.75) is 24.7 Å². The fraction of sp³-hybridized carbons (Fsp3) is 0.480. The molecule has 0 spiro atoms. The molecule has 0 aliphatic carbocycles. The van der Waals surface area contributed by atoms with Gasteiger partial charge in [0.15, 0.2) is 0 Å². The van der Waals surface area contributed by atoms with Crippen LogP contribution in [-0.2, 0) is 14.8 Å². The second-order valence-electron chi connectivity index (χ2n) is 8.96. The van der Waals surface area contributed by atoms with E-state index in [4.69, 9.17) is 9.47 Å². The Morgan fingerprint density at radius 2 is 1.74 bits per heavy atom. The monoisotopic (exact) mass is 487 g/mol. The van der Waals surface area contributed by atoms with Crippen molar-refractivity contribution in [3.05, 3.63) is 53.6 Å². The maximum atomic E-state index is 13.3. The number of ether oxygens (including phenoxy) is 2. The number of likely N-dealkylation sites (tertiary alicyclic amines) is 1. The molecule has 2 aliphatic rings. The highest BCUT2D eigenvalue weighted by atomic mass is 32.2. The number of amides is 1. The summed E-state index contributed by atoms with van der Waals surface area (Å²) >= 11 is 0. The summed E-state index contributed by atoms with van der Waals surface area (Å²) in [6.07, 6.45) is 1.91. The minimum Gasteiger partial charge on any atom is -0.497 e. The number of benzene rings is 2. The first kappa shape index (κ1) is 24.5. The largest absolute Gasteiger partial charge is 0.497 e. The van der Waals surface area contributed by atoms with Gasteiger partial charge in [0.05, 0.1) is 25.2 Å². The number of nitrogens with zero attached hydrogens (tertiary/aromatic N) is 2. The molecule has 1 N–H and O–H groups in total. The number of piperidine rings is 1. The molecule has 8 nitrogen and oxygen atoms in total. The van der Waals surface area contributed by atoms with Gasteiger partial charge in [-0.15, -0.1) is 0 Å². The molecule has 2 aliphatic heterocycles. The van der Waals surface area contributed by atoms with Crippen molar-refractivity contribution in [3.63, 3.8) is 0 Å². The average Bonchev–Trinajstić information content (AvgIpc) is 2.85. The van der Waals surface area contributed by atoms with Crippen LogP contribution >= 0.6 is 0 Å². The highest BCUT2D eigenvalue weighted by Gasteiger charge is 2.27. The van der Waals surface area contributed by atoms with Crippen LogP contribution in [0.5, 0.6) is 5.75 Å². The normalized spacial score (nSPS) is 18.0. The van der Waals surface area contributed by atoms with E-state index in [2.05, 4.69) is 9.62 Å². The molecule has 0 aromatic heterocycles. The predicted octanol–water partition coefficient (Wildman–Crippen LogP) is 2.99. The molecule has 184 valence electrons. The smallest absolute Gasteiger partial charge is 0.261 e. The predicted molar refractivity (Wildman–Crippen MR) is 131 cm³/mol. The first-order chi connectivity index (χ1) is 16.4. The Bertz CT molecular complexity index is 1090. The van der Waals surface area contributed by atoms with Gasteiger partial charge in [-0.1, -0.05) is 6.07 Å². The van der Waals surface area contributed by atoms with Crippen molar-refractivity contribution >= 4 is 21.6 Å². The fourth-order valence-electron chi connectivity index (χ4n) is 4.51. The van der Waals surface area contributed by atoms with Crippen molar-refractivity contribution in [1.82, 2.24) is 9.80 Å². The number of carbonyl (C=O) groups is 1. The Balaban J connectivity index is 1.41. The highest BCUT2D eigenvalue weighted by molar-refractivity contribution is 7.92. The first-order valence-corrected chi connectivity index (χ1v) is 13.2. The van der Waals surface area contributed by atoms with E-state index in [1.807, 2.05) is 11.8 Å². The van der Waals surface area contributed by atoms with E-state index in [9.17, 15) is 13.2 Å². The fourth-order valence-corrected chi connectivity index (χ4v) is 5.59. The topological polar surface area (TPSA) is 88.2 Å². The van der Waals surface area contributed by atoms with Crippen LogP contribution in [0.4, 0.5) is 5.69 Å². The quantitative estimate of drug-likeness (QED) is 0.646. The van der Waals surface area contributed by atoms with Gasteiger partial charge in [0.1, 0.15) is 5.75 Å². The number of anilines is 1. The molecular formula is C25H33N3O5S. The van der Waals surface area contributed by atoms with Gasteiger partial charge in [-0.2, -0.15) is 0 Å². The standard InChI is InChI=1S/C25H33N3O5S/c1-19-3-8-23(34(30,31)26-21-4-6-22(32-2)7-5-21)17-24(19)25(29)28-11-9-20(10-12-28)18-27-13-15-33-16-14-27/h3-8,17,20,26H,9-16,18H2,1-2H3. The van der Waals surface area contributed by atoms with Gasteiger partial charge in [0.2, 0.25) is 0 Å². The highest BCUT2D eigenvalue weighted by Crippen LogP contribution is 2.25. The second kappa shape index (κ2) is 10.8. The molecule has 0 saturated carbocycles. The minimum atomic E-state index is -3.84. The van der Waals surface area contributed by atoms with Gasteiger partial charge in [0, 0.05) is 44.0 Å². The number of aryl methyl sites for hydroxylation is 1. The molecule has 0 radical (unpaired) electrons. The van der Waals surface area contributed by atoms with Crippen LogP contribution in [0.2, 0.25) is 0 Å². The SMILES string of the molecule is COc1ccc(NS(=O)(=O)c2ccc(C)c(C(=O)N3CCC(CN4CCOCC4)CC3)c2)cc1. The van der Waals surface area contributed by atoms with E-state index in [0.29, 0.717) is 36.0 Å². The van der Waals surface area contributed by atoms with Gasteiger partial charge in [0.25, 0.3) is 15.9 Å². The zero-order valence-corrected chi connectivity index (χ0v) is 20.6. The molecular weight excluding hydrogens is 454 g/mol. The molecule has 0 bridgehead atoms. The van der Waals surface area contributed by atoms with Gasteiger partial charge < -0.3 is 14.4 Å². The van der Waals surface area contributed by atoms with Crippen LogP contribution in [0.3, 0.4) is 0 Å². The third kappa shape index (κ3) is 5.89. The number of methoxy groups -OCH3 is 1. The van der Waals surface area contributed by atoms with E-state index in [0.717, 1.165) is 51.3 Å². The molecule has 2 aromatic rings. The Morgan fingerprint density at radius 3 is 2.38 bits per heavy atom. The average molecular weight is 488 g/mol. The number of nitrogens with one attached hydrogen (secondary N) is 1. The third-order valence-electron chi connectivity index (χ3n) is 6.61. The third-order valence-corrected chi connectivity index (χ3v) is 7.99. The lowest BCUT2D eigenvalue weighted by Crippen LogP contribution is -2.44. The van der Waals surface area contributed by atoms with E-state index in [1.54, 1.807) is 37.4 Å². The maximum absolute atomic E-state index is 13.3. The van der Waals surface area contributed by atoms with E-state index in [-0.39, 0.29) is 10.8 Å². The molecule has 34 heavy (non-hydrogen) atoms. The zero-order chi connectivity index (χ0) is 24.1. The van der Waals surface area contributed by atoms with E-state index in [1.165, 1.54) is 12.1 Å². The van der Waals surface area contributed by atoms with Crippen LogP contribution < -0.4 is 9.46 Å². The van der Waals surface area contributed by atoms with Crippen molar-refractivity contribution < 1.29 is 22.7 Å². The van der Waals surface area contributed by atoms with Crippen LogP contribution in [0.15, 0.2) is 47.4 Å². The Kier molecular flexibility index (Phi) is 7.75. The molecule has 4 rings (SSSR count). The van der Waals surface area contributed by atoms with E-state index >= 15 is 0 Å². The van der Waals surface area contributed by atoms with Crippen LogP contribution in [0, 0.1) is 12.8 Å². The van der Waals surface area contributed by atoms with Crippen molar-refractivity contribution in [3.8, 4) is 5.75 Å². The van der Waals surface area contributed by atoms with Crippen molar-refractivity contribution in [2.24, 2.45) is 5.92 Å². The summed E-state index contributed by atoms with van der Waals surface area (Å²) in [5.41, 5.74) is 1.63. The molecule has 1 amide bonds. The van der Waals surface area contributed by atoms with Crippen LogP contribution in [0.25, 0.3) is 0 Å². The summed E-state index contributed by atoms with van der Waals surface area (Å²) < 4.78 is 39.1. The molecule has 2 saturated heterocycles. The first-order valence-electron chi connectivity index (χ1n) is 11.7. The summed E-state index contributed by atoms with van der Waals surface area (Å²) in [6.45, 7) is 7.81. The maximum Gasteiger partial charge on any atom is 0.261 e. The second-order valence-corrected chi connectivity index (χ2v) is 10.6. The molecule has 2 fully saturated rings. The van der Waals surface area contributed by atoms with Crippen molar-refractivity contribution in [1.29, 1.82) is 0 Å². The summed E-state index contributed by atoms with van der Waals surface area (Å²) in [5.74, 6) is 1.10. The lowest BCUT2D eigenvalue weighted by atomic mass is 9.95. The van der Waals surface area contributed by atoms with Gasteiger partial charge in [-0.25, -0.2) is 8.42 Å². The number of carbonyl (C=O) groups excluding carboxylic acids is 1. The summed E-state index contributed by atoms with van der Waals surface area (Å²) in [6, 6.07) is 11.4. The summed E-state index contributed by atoms with van der Waals surface area (Å²) in [5, 5.41) is 0. The molecule has 0 atom stereocenters. The molecule has 0 unspecified atom stereocenters. The zero-order valence-electron chi connectivity index (χ0n) is 19.8. The van der Waals surface area contributed by atoms with Crippen LogP contribution in [-0.4, -0.2) is 77.2 Å². The van der Waals surface area contributed by atoms with Gasteiger partial charge in [-0.05, 0) is 67.6 Å². The Hall–Kier alpha value is -2.62. The van der Waals surface area contributed by atoms with Crippen LogP contribution in [0.1, 0.15) is 28.8 Å². The Labute approximate surface area is 201 Å². The van der Waals surface area contributed by atoms with Gasteiger partial charge in [-0.3, -0.25) is 14.4 Å². The van der Waals surface area contributed by atoms with Gasteiger partial charge >= 0.3 is 0 Å². The lowest BCUT2D eigenvalue weighted by Gasteiger charge is -2.36. The minimum absolute atomic E-state index is 0.0690. The number of morpholine rings is 1. The number of hydrogen-bond acceptors (Lipinski definition) is 6. The number of rotatable bonds is 7. The lowest BCUT2D eigenvalue weighted by molar-refractivity contribution is 0.0243. The summed E-state index contributed by atoms with van der Waals surface area (Å²) in [4.78, 5) is 17.7. The summed E-state index contributed by atoms with van der Waals surface area (Å²) in [7, 11) is -2.29. The molecule has 2 aromatic carbocycles. The number of hydrogen-bond donors (Lipinski definition) is 1. The Morgan fingerprint density at radius 1 is 1.06 bits per heavy atom. The molecule has 9 heteroatoms. The van der Waals surface area contributed by atoms with Crippen molar-refractivity contribution in [2.75, 3.05) is 57.8 Å². The number of sulfonamides is 1. The molecule has 2 heterocycles.